The molecule has 8 nitrogen and oxygen atoms in total. The van der Waals surface area contributed by atoms with Crippen LogP contribution in [0.25, 0.3) is 0 Å². The molecule has 1 atom stereocenters. The molecule has 0 aromatic carbocycles. The van der Waals surface area contributed by atoms with Crippen molar-refractivity contribution in [2.45, 2.75) is 31.7 Å². The van der Waals surface area contributed by atoms with Crippen LogP contribution < -0.4 is 4.90 Å². The molecule has 0 spiro atoms. The van der Waals surface area contributed by atoms with Crippen molar-refractivity contribution in [1.29, 1.82) is 0 Å². The minimum atomic E-state index is -3.36. The van der Waals surface area contributed by atoms with Crippen LogP contribution in [0.15, 0.2) is 18.2 Å². The van der Waals surface area contributed by atoms with Gasteiger partial charge in [-0.3, -0.25) is 4.90 Å². The molecule has 1 amide bonds. The van der Waals surface area contributed by atoms with Gasteiger partial charge in [0, 0.05) is 38.8 Å². The van der Waals surface area contributed by atoms with Crippen LogP contribution in [-0.4, -0.2) is 67.9 Å². The Morgan fingerprint density at radius 1 is 1.24 bits per heavy atom. The number of ether oxygens (including phenoxy) is 1. The van der Waals surface area contributed by atoms with E-state index >= 15 is 0 Å². The van der Waals surface area contributed by atoms with Crippen LogP contribution in [0.3, 0.4) is 0 Å². The second-order valence-corrected chi connectivity index (χ2v) is 8.82. The number of anilines is 1. The first kappa shape index (κ1) is 18.1. The van der Waals surface area contributed by atoms with E-state index in [1.54, 1.807) is 25.1 Å². The topological polar surface area (TPSA) is 83.0 Å². The number of carbonyl (C=O) groups is 1. The van der Waals surface area contributed by atoms with Gasteiger partial charge in [0.25, 0.3) is 10.2 Å². The highest BCUT2D eigenvalue weighted by atomic mass is 32.2. The second kappa shape index (κ2) is 6.89. The summed E-state index contributed by atoms with van der Waals surface area (Å²) in [5, 5.41) is 0. The van der Waals surface area contributed by atoms with Gasteiger partial charge in [0.15, 0.2) is 0 Å². The molecule has 25 heavy (non-hydrogen) atoms. The average molecular weight is 368 g/mol. The highest BCUT2D eigenvalue weighted by Gasteiger charge is 2.33. The fraction of sp³-hybridized carbons (Fsp3) is 0.625. The molecular weight excluding hydrogens is 344 g/mol. The molecule has 0 bridgehead atoms. The summed E-state index contributed by atoms with van der Waals surface area (Å²) in [4.78, 5) is 18.1. The SMILES string of the molecule is C[C@@H]1COC(=O)N1c1cccc(C2CCN(S(=O)(=O)N(C)C)CC2)n1. The van der Waals surface area contributed by atoms with Crippen LogP contribution in [0.2, 0.25) is 0 Å². The number of hydrogen-bond acceptors (Lipinski definition) is 5. The maximum Gasteiger partial charge on any atom is 0.415 e. The van der Waals surface area contributed by atoms with E-state index < -0.39 is 10.2 Å². The third kappa shape index (κ3) is 3.49. The predicted molar refractivity (Wildman–Crippen MR) is 93.7 cm³/mol. The van der Waals surface area contributed by atoms with Gasteiger partial charge in [0.1, 0.15) is 12.4 Å². The Labute approximate surface area is 148 Å². The van der Waals surface area contributed by atoms with E-state index in [1.165, 1.54) is 8.61 Å². The third-order valence-electron chi connectivity index (χ3n) is 4.75. The van der Waals surface area contributed by atoms with Gasteiger partial charge < -0.3 is 4.74 Å². The molecule has 0 aliphatic carbocycles. The van der Waals surface area contributed by atoms with Crippen molar-refractivity contribution >= 4 is 22.1 Å². The first-order chi connectivity index (χ1) is 11.8. The Hall–Kier alpha value is -1.71. The van der Waals surface area contributed by atoms with Gasteiger partial charge in [-0.05, 0) is 31.9 Å². The molecule has 2 aliphatic heterocycles. The van der Waals surface area contributed by atoms with Gasteiger partial charge in [-0.2, -0.15) is 17.0 Å². The number of aromatic nitrogens is 1. The van der Waals surface area contributed by atoms with Crippen LogP contribution in [-0.2, 0) is 14.9 Å². The van der Waals surface area contributed by atoms with Crippen molar-refractivity contribution in [2.24, 2.45) is 0 Å². The van der Waals surface area contributed by atoms with E-state index in [-0.39, 0.29) is 18.1 Å². The van der Waals surface area contributed by atoms with Gasteiger partial charge in [0.2, 0.25) is 0 Å². The summed E-state index contributed by atoms with van der Waals surface area (Å²) in [5.74, 6) is 0.776. The van der Waals surface area contributed by atoms with Crippen LogP contribution >= 0.6 is 0 Å². The van der Waals surface area contributed by atoms with Gasteiger partial charge in [-0.15, -0.1) is 0 Å². The third-order valence-corrected chi connectivity index (χ3v) is 6.69. The molecule has 3 rings (SSSR count). The molecule has 1 aromatic heterocycles. The van der Waals surface area contributed by atoms with E-state index in [1.807, 2.05) is 19.1 Å². The molecule has 138 valence electrons. The smallest absolute Gasteiger partial charge is 0.415 e. The minimum Gasteiger partial charge on any atom is -0.447 e. The zero-order chi connectivity index (χ0) is 18.2. The summed E-state index contributed by atoms with van der Waals surface area (Å²) < 4.78 is 32.2. The zero-order valence-corrected chi connectivity index (χ0v) is 15.6. The fourth-order valence-corrected chi connectivity index (χ4v) is 4.38. The van der Waals surface area contributed by atoms with Crippen molar-refractivity contribution in [3.8, 4) is 0 Å². The summed E-state index contributed by atoms with van der Waals surface area (Å²) in [5.41, 5.74) is 0.895. The average Bonchev–Trinajstić information content (AvgIpc) is 2.93. The number of cyclic esters (lactones) is 1. The summed E-state index contributed by atoms with van der Waals surface area (Å²) in [6, 6.07) is 5.59. The number of rotatable bonds is 4. The molecule has 1 aromatic rings. The Bertz CT molecular complexity index is 744. The molecule has 0 N–H and O–H groups in total. The fourth-order valence-electron chi connectivity index (χ4n) is 3.25. The highest BCUT2D eigenvalue weighted by molar-refractivity contribution is 7.86. The molecule has 0 saturated carbocycles. The Morgan fingerprint density at radius 3 is 2.48 bits per heavy atom. The van der Waals surface area contributed by atoms with Crippen molar-refractivity contribution in [2.75, 3.05) is 38.7 Å². The van der Waals surface area contributed by atoms with Gasteiger partial charge in [-0.1, -0.05) is 6.07 Å². The van der Waals surface area contributed by atoms with Gasteiger partial charge >= 0.3 is 6.09 Å². The summed E-state index contributed by atoms with van der Waals surface area (Å²) in [6.45, 7) is 3.23. The molecular formula is C16H24N4O4S. The molecule has 0 radical (unpaired) electrons. The van der Waals surface area contributed by atoms with Gasteiger partial charge in [-0.25, -0.2) is 9.78 Å². The Morgan fingerprint density at radius 2 is 1.92 bits per heavy atom. The quantitative estimate of drug-likeness (QED) is 0.802. The lowest BCUT2D eigenvalue weighted by Crippen LogP contribution is -2.44. The molecule has 2 aliphatic rings. The van der Waals surface area contributed by atoms with E-state index in [0.29, 0.717) is 38.4 Å². The number of hydrogen-bond donors (Lipinski definition) is 0. The Kier molecular flexibility index (Phi) is 4.99. The number of nitrogens with zero attached hydrogens (tertiary/aromatic N) is 4. The highest BCUT2D eigenvalue weighted by Crippen LogP contribution is 2.30. The lowest BCUT2D eigenvalue weighted by atomic mass is 9.94. The first-order valence-electron chi connectivity index (χ1n) is 8.41. The summed E-state index contributed by atoms with van der Waals surface area (Å²) in [6.07, 6.45) is 1.05. The normalized spacial score (nSPS) is 23.3. The van der Waals surface area contributed by atoms with Crippen LogP contribution in [0.1, 0.15) is 31.4 Å². The van der Waals surface area contributed by atoms with Crippen molar-refractivity contribution in [3.05, 3.63) is 23.9 Å². The number of amides is 1. The summed E-state index contributed by atoms with van der Waals surface area (Å²) >= 11 is 0. The zero-order valence-electron chi connectivity index (χ0n) is 14.8. The largest absolute Gasteiger partial charge is 0.447 e. The molecule has 3 heterocycles. The Balaban J connectivity index is 1.72. The first-order valence-corrected chi connectivity index (χ1v) is 9.81. The van der Waals surface area contributed by atoms with Crippen LogP contribution in [0.4, 0.5) is 10.6 Å². The molecule has 9 heteroatoms. The summed E-state index contributed by atoms with van der Waals surface area (Å²) in [7, 11) is -0.276. The lowest BCUT2D eigenvalue weighted by Gasteiger charge is -2.32. The van der Waals surface area contributed by atoms with Crippen molar-refractivity contribution < 1.29 is 17.9 Å². The molecule has 0 unspecified atom stereocenters. The van der Waals surface area contributed by atoms with Crippen molar-refractivity contribution in [1.82, 2.24) is 13.6 Å². The monoisotopic (exact) mass is 368 g/mol. The van der Waals surface area contributed by atoms with E-state index in [9.17, 15) is 13.2 Å². The minimum absolute atomic E-state index is 0.0395. The second-order valence-electron chi connectivity index (χ2n) is 6.68. The number of pyridine rings is 1. The van der Waals surface area contributed by atoms with E-state index in [0.717, 1.165) is 5.69 Å². The maximum absolute atomic E-state index is 12.2. The van der Waals surface area contributed by atoms with Crippen molar-refractivity contribution in [3.63, 3.8) is 0 Å². The predicted octanol–water partition coefficient (Wildman–Crippen LogP) is 1.41. The van der Waals surface area contributed by atoms with Gasteiger partial charge in [0.05, 0.1) is 6.04 Å². The van der Waals surface area contributed by atoms with E-state index in [4.69, 9.17) is 4.74 Å². The molecule has 2 fully saturated rings. The number of carbonyl (C=O) groups excluding carboxylic acids is 1. The van der Waals surface area contributed by atoms with Crippen LogP contribution in [0.5, 0.6) is 0 Å². The van der Waals surface area contributed by atoms with E-state index in [2.05, 4.69) is 4.98 Å². The maximum atomic E-state index is 12.2. The number of piperidine rings is 1. The standard InChI is InChI=1S/C16H24N4O4S/c1-12-11-24-16(21)20(12)15-6-4-5-14(17-15)13-7-9-19(10-8-13)25(22,23)18(2)3/h4-6,12-13H,7-11H2,1-3H3/t12-/m1/s1. The molecule has 2 saturated heterocycles. The van der Waals surface area contributed by atoms with Crippen LogP contribution in [0, 0.1) is 0 Å². The lowest BCUT2D eigenvalue weighted by molar-refractivity contribution is 0.179.